The van der Waals surface area contributed by atoms with E-state index in [9.17, 15) is 14.7 Å². The van der Waals surface area contributed by atoms with Crippen molar-refractivity contribution in [3.05, 3.63) is 88.7 Å². The number of hydrogen-bond acceptors (Lipinski definition) is 6. The van der Waals surface area contributed by atoms with E-state index in [0.717, 1.165) is 11.1 Å². The number of methoxy groups -OCH3 is 2. The highest BCUT2D eigenvalue weighted by atomic mass is 19.1. The Balaban J connectivity index is 1.73. The van der Waals surface area contributed by atoms with Gasteiger partial charge in [-0.15, -0.1) is 0 Å². The first-order valence-electron chi connectivity index (χ1n) is 14.7. The molecule has 1 aliphatic heterocycles. The van der Waals surface area contributed by atoms with Crippen molar-refractivity contribution in [2.75, 3.05) is 40.9 Å². The molecule has 0 aliphatic carbocycles. The number of aryl methyl sites for hydroxylation is 1. The average Bonchev–Trinajstić information content (AvgIpc) is 3.03. The van der Waals surface area contributed by atoms with Crippen molar-refractivity contribution in [2.24, 2.45) is 5.92 Å². The van der Waals surface area contributed by atoms with Crippen molar-refractivity contribution >= 4 is 12.0 Å². The van der Waals surface area contributed by atoms with Crippen LogP contribution in [0.1, 0.15) is 52.7 Å². The highest BCUT2D eigenvalue weighted by Crippen LogP contribution is 2.46. The third-order valence-corrected chi connectivity index (χ3v) is 8.25. The molecule has 0 bridgehead atoms. The molecular formula is C34H42FN3O5. The van der Waals surface area contributed by atoms with Crippen LogP contribution in [0.15, 0.2) is 60.7 Å². The van der Waals surface area contributed by atoms with Crippen LogP contribution in [0.25, 0.3) is 11.1 Å². The molecule has 2 unspecified atom stereocenters. The van der Waals surface area contributed by atoms with E-state index in [-0.39, 0.29) is 36.1 Å². The summed E-state index contributed by atoms with van der Waals surface area (Å²) in [6.45, 7) is 3.78. The van der Waals surface area contributed by atoms with Crippen LogP contribution in [0.2, 0.25) is 0 Å². The molecule has 3 N–H and O–H groups in total. The second-order valence-corrected chi connectivity index (χ2v) is 11.1. The Morgan fingerprint density at radius 2 is 1.88 bits per heavy atom. The standard InChI is InChI=1S/C34H42FN3O5/c1-23-8-5-9-26(20-23)30-28(15-16-29(42-3)31(30)35)34(41,17-7-18-37-33(40)43-4)27-10-6-19-38(22-27)32(39)25-13-11-24(12-14-25)21-36-2/h5,8-9,11-16,20,27,36,41H,6-7,10,17-19,21-22H2,1-4H3,(H,37,40). The molecular weight excluding hydrogens is 549 g/mol. The minimum atomic E-state index is -1.51. The van der Waals surface area contributed by atoms with Gasteiger partial charge in [-0.2, -0.15) is 0 Å². The number of ether oxygens (including phenoxy) is 2. The van der Waals surface area contributed by atoms with E-state index in [1.54, 1.807) is 17.0 Å². The Morgan fingerprint density at radius 3 is 2.56 bits per heavy atom. The number of aliphatic hydroxyl groups is 1. The zero-order chi connectivity index (χ0) is 31.0. The zero-order valence-electron chi connectivity index (χ0n) is 25.4. The van der Waals surface area contributed by atoms with Gasteiger partial charge in [0.15, 0.2) is 11.6 Å². The number of piperidine rings is 1. The first kappa shape index (κ1) is 32.0. The third kappa shape index (κ3) is 7.35. The summed E-state index contributed by atoms with van der Waals surface area (Å²) in [5.74, 6) is -0.960. The Bertz CT molecular complexity index is 1410. The van der Waals surface area contributed by atoms with E-state index in [4.69, 9.17) is 9.47 Å². The molecule has 43 heavy (non-hydrogen) atoms. The summed E-state index contributed by atoms with van der Waals surface area (Å²) in [6, 6.07) is 18.3. The van der Waals surface area contributed by atoms with Crippen molar-refractivity contribution < 1.29 is 28.6 Å². The number of halogens is 1. The average molecular weight is 592 g/mol. The van der Waals surface area contributed by atoms with Crippen molar-refractivity contribution in [3.63, 3.8) is 0 Å². The zero-order valence-corrected chi connectivity index (χ0v) is 25.4. The van der Waals surface area contributed by atoms with E-state index in [1.807, 2.05) is 62.5 Å². The van der Waals surface area contributed by atoms with Gasteiger partial charge in [-0.05, 0) is 74.5 Å². The van der Waals surface area contributed by atoms with Crippen LogP contribution in [-0.2, 0) is 16.9 Å². The number of hydrogen-bond donors (Lipinski definition) is 3. The van der Waals surface area contributed by atoms with Gasteiger partial charge in [0.05, 0.1) is 19.8 Å². The van der Waals surface area contributed by atoms with Gasteiger partial charge in [-0.1, -0.05) is 48.0 Å². The van der Waals surface area contributed by atoms with Crippen molar-refractivity contribution in [3.8, 4) is 16.9 Å². The predicted octanol–water partition coefficient (Wildman–Crippen LogP) is 5.41. The topological polar surface area (TPSA) is 100 Å². The number of alkyl carbamates (subject to hydrolysis) is 1. The minimum Gasteiger partial charge on any atom is -0.494 e. The van der Waals surface area contributed by atoms with Crippen LogP contribution >= 0.6 is 0 Å². The molecule has 1 saturated heterocycles. The smallest absolute Gasteiger partial charge is 0.406 e. The fraction of sp³-hybridized carbons (Fsp3) is 0.412. The van der Waals surface area contributed by atoms with Crippen molar-refractivity contribution in [1.29, 1.82) is 0 Å². The van der Waals surface area contributed by atoms with Gasteiger partial charge in [0.2, 0.25) is 0 Å². The Kier molecular flexibility index (Phi) is 10.8. The molecule has 2 atom stereocenters. The summed E-state index contributed by atoms with van der Waals surface area (Å²) in [5, 5.41) is 18.5. The van der Waals surface area contributed by atoms with Crippen molar-refractivity contribution in [2.45, 2.75) is 44.8 Å². The van der Waals surface area contributed by atoms with Gasteiger partial charge in [0.25, 0.3) is 5.91 Å². The first-order chi connectivity index (χ1) is 20.7. The summed E-state index contributed by atoms with van der Waals surface area (Å²) in [4.78, 5) is 27.1. The molecule has 1 fully saturated rings. The lowest BCUT2D eigenvalue weighted by Crippen LogP contribution is -2.48. The van der Waals surface area contributed by atoms with E-state index in [0.29, 0.717) is 55.6 Å². The number of carbonyl (C=O) groups excluding carboxylic acids is 2. The van der Waals surface area contributed by atoms with Crippen LogP contribution in [-0.4, -0.2) is 62.9 Å². The molecule has 0 saturated carbocycles. The molecule has 4 rings (SSSR count). The maximum atomic E-state index is 16.1. The summed E-state index contributed by atoms with van der Waals surface area (Å²) in [6.07, 6.45) is 1.41. The summed E-state index contributed by atoms with van der Waals surface area (Å²) in [7, 11) is 4.58. The van der Waals surface area contributed by atoms with Gasteiger partial charge in [0.1, 0.15) is 0 Å². The maximum Gasteiger partial charge on any atom is 0.406 e. The molecule has 3 aromatic carbocycles. The predicted molar refractivity (Wildman–Crippen MR) is 164 cm³/mol. The van der Waals surface area contributed by atoms with Gasteiger partial charge < -0.3 is 30.1 Å². The monoisotopic (exact) mass is 591 g/mol. The highest BCUT2D eigenvalue weighted by molar-refractivity contribution is 5.94. The molecule has 230 valence electrons. The molecule has 0 aromatic heterocycles. The normalized spacial score (nSPS) is 16.3. The molecule has 2 amide bonds. The number of amides is 2. The molecule has 0 spiro atoms. The quantitative estimate of drug-likeness (QED) is 0.258. The summed E-state index contributed by atoms with van der Waals surface area (Å²) < 4.78 is 26.1. The third-order valence-electron chi connectivity index (χ3n) is 8.25. The van der Waals surface area contributed by atoms with Crippen LogP contribution in [0.5, 0.6) is 5.75 Å². The van der Waals surface area contributed by atoms with E-state index in [1.165, 1.54) is 14.2 Å². The lowest BCUT2D eigenvalue weighted by molar-refractivity contribution is -0.0565. The van der Waals surface area contributed by atoms with Gasteiger partial charge in [-0.3, -0.25) is 4.79 Å². The maximum absolute atomic E-state index is 16.1. The van der Waals surface area contributed by atoms with Crippen LogP contribution < -0.4 is 15.4 Å². The molecule has 1 aliphatic rings. The fourth-order valence-electron chi connectivity index (χ4n) is 6.04. The van der Waals surface area contributed by atoms with Gasteiger partial charge in [0, 0.05) is 43.2 Å². The number of rotatable bonds is 11. The molecule has 8 nitrogen and oxygen atoms in total. The fourth-order valence-corrected chi connectivity index (χ4v) is 6.04. The number of benzene rings is 3. The number of nitrogens with zero attached hydrogens (tertiary/aromatic N) is 1. The molecule has 3 aromatic rings. The number of nitrogens with one attached hydrogen (secondary N) is 2. The highest BCUT2D eigenvalue weighted by Gasteiger charge is 2.43. The largest absolute Gasteiger partial charge is 0.494 e. The molecule has 0 radical (unpaired) electrons. The summed E-state index contributed by atoms with van der Waals surface area (Å²) >= 11 is 0. The Morgan fingerprint density at radius 1 is 1.12 bits per heavy atom. The molecule has 9 heteroatoms. The second kappa shape index (κ2) is 14.5. The van der Waals surface area contributed by atoms with E-state index < -0.39 is 17.5 Å². The Labute approximate surface area is 253 Å². The van der Waals surface area contributed by atoms with Crippen molar-refractivity contribution in [1.82, 2.24) is 15.5 Å². The van der Waals surface area contributed by atoms with E-state index in [2.05, 4.69) is 10.6 Å². The molecule has 1 heterocycles. The van der Waals surface area contributed by atoms with Crippen LogP contribution in [0.4, 0.5) is 9.18 Å². The second-order valence-electron chi connectivity index (χ2n) is 11.1. The van der Waals surface area contributed by atoms with Gasteiger partial charge in [-0.25, -0.2) is 9.18 Å². The lowest BCUT2D eigenvalue weighted by atomic mass is 9.72. The Hall–Kier alpha value is -3.95. The van der Waals surface area contributed by atoms with Gasteiger partial charge >= 0.3 is 6.09 Å². The van der Waals surface area contributed by atoms with Crippen LogP contribution in [0, 0.1) is 18.7 Å². The first-order valence-corrected chi connectivity index (χ1v) is 14.7. The van der Waals surface area contributed by atoms with E-state index >= 15 is 4.39 Å². The minimum absolute atomic E-state index is 0.0807. The number of likely N-dealkylation sites (tertiary alicyclic amines) is 1. The SMILES string of the molecule is CNCc1ccc(C(=O)N2CCCC(C(O)(CCCNC(=O)OC)c3ccc(OC)c(F)c3-c3cccc(C)c3)C2)cc1. The number of carbonyl (C=O) groups is 2. The van der Waals surface area contributed by atoms with Crippen LogP contribution in [0.3, 0.4) is 0 Å². The lowest BCUT2D eigenvalue weighted by Gasteiger charge is -2.44. The summed E-state index contributed by atoms with van der Waals surface area (Å²) in [5.41, 5.74) is 2.44.